The number of nitrogens with one attached hydrogen (secondary N) is 2. The molecule has 4 heteroatoms. The van der Waals surface area contributed by atoms with Crippen molar-refractivity contribution in [1.29, 1.82) is 0 Å². The van der Waals surface area contributed by atoms with Crippen molar-refractivity contribution in [3.05, 3.63) is 35.9 Å². The van der Waals surface area contributed by atoms with Gasteiger partial charge in [0.25, 0.3) is 0 Å². The topological polar surface area (TPSA) is 39.7 Å². The number of aliphatic imine (C=N–C) groups is 1. The minimum absolute atomic E-state index is 0.884. The summed E-state index contributed by atoms with van der Waals surface area (Å²) < 4.78 is 0. The molecule has 0 heterocycles. The van der Waals surface area contributed by atoms with Crippen LogP contribution < -0.4 is 10.6 Å². The zero-order valence-electron chi connectivity index (χ0n) is 12.3. The van der Waals surface area contributed by atoms with Crippen molar-refractivity contribution in [2.24, 2.45) is 4.99 Å². The minimum Gasteiger partial charge on any atom is -0.356 e. The van der Waals surface area contributed by atoms with E-state index in [1.807, 2.05) is 13.1 Å². The summed E-state index contributed by atoms with van der Waals surface area (Å²) in [5.74, 6) is 0.884. The lowest BCUT2D eigenvalue weighted by Crippen LogP contribution is -2.39. The maximum absolute atomic E-state index is 4.22. The van der Waals surface area contributed by atoms with Crippen molar-refractivity contribution in [2.45, 2.75) is 12.8 Å². The van der Waals surface area contributed by atoms with Crippen molar-refractivity contribution in [2.75, 3.05) is 40.8 Å². The van der Waals surface area contributed by atoms with Gasteiger partial charge in [-0.3, -0.25) is 4.99 Å². The summed E-state index contributed by atoms with van der Waals surface area (Å²) in [6.45, 7) is 2.94. The van der Waals surface area contributed by atoms with Gasteiger partial charge in [-0.15, -0.1) is 0 Å². The van der Waals surface area contributed by atoms with Crippen LogP contribution in [-0.2, 0) is 6.42 Å². The average Bonchev–Trinajstić information content (AvgIpc) is 2.42. The van der Waals surface area contributed by atoms with Gasteiger partial charge in [-0.05, 0) is 39.0 Å². The number of hydrogen-bond acceptors (Lipinski definition) is 2. The highest BCUT2D eigenvalue weighted by Crippen LogP contribution is 1.97. The van der Waals surface area contributed by atoms with Gasteiger partial charge in [0, 0.05) is 20.1 Å². The highest BCUT2D eigenvalue weighted by Gasteiger charge is 1.97. The van der Waals surface area contributed by atoms with E-state index in [9.17, 15) is 0 Å². The Kier molecular flexibility index (Phi) is 7.66. The molecule has 1 aromatic carbocycles. The Morgan fingerprint density at radius 1 is 1.11 bits per heavy atom. The molecule has 0 spiro atoms. The number of nitrogens with zero attached hydrogens (tertiary/aromatic N) is 2. The molecule has 1 rings (SSSR count). The number of benzene rings is 1. The first-order chi connectivity index (χ1) is 9.22. The molecule has 0 aliphatic carbocycles. The van der Waals surface area contributed by atoms with Gasteiger partial charge >= 0.3 is 0 Å². The van der Waals surface area contributed by atoms with Gasteiger partial charge in [-0.2, -0.15) is 0 Å². The predicted octanol–water partition coefficient (Wildman–Crippen LogP) is 1.35. The molecule has 19 heavy (non-hydrogen) atoms. The van der Waals surface area contributed by atoms with Crippen LogP contribution in [0.5, 0.6) is 0 Å². The lowest BCUT2D eigenvalue weighted by atomic mass is 10.1. The second kappa shape index (κ2) is 9.39. The Labute approximate surface area is 116 Å². The van der Waals surface area contributed by atoms with E-state index in [0.29, 0.717) is 0 Å². The lowest BCUT2D eigenvalue weighted by molar-refractivity contribution is 0.399. The van der Waals surface area contributed by atoms with Crippen LogP contribution in [0.25, 0.3) is 0 Å². The quantitative estimate of drug-likeness (QED) is 0.443. The Balaban J connectivity index is 2.15. The van der Waals surface area contributed by atoms with Crippen LogP contribution in [-0.4, -0.2) is 51.6 Å². The summed E-state index contributed by atoms with van der Waals surface area (Å²) >= 11 is 0. The van der Waals surface area contributed by atoms with Crippen LogP contribution in [0.2, 0.25) is 0 Å². The Morgan fingerprint density at radius 2 is 1.79 bits per heavy atom. The van der Waals surface area contributed by atoms with E-state index in [1.165, 1.54) is 5.56 Å². The largest absolute Gasteiger partial charge is 0.356 e. The van der Waals surface area contributed by atoms with Crippen LogP contribution in [0.1, 0.15) is 12.0 Å². The standard InChI is InChI=1S/C15H26N4/c1-16-15(17-11-7-13-19(2)3)18-12-10-14-8-5-4-6-9-14/h4-6,8-9H,7,10-13H2,1-3H3,(H2,16,17,18). The van der Waals surface area contributed by atoms with Crippen molar-refractivity contribution in [3.8, 4) is 0 Å². The smallest absolute Gasteiger partial charge is 0.190 e. The first-order valence-corrected chi connectivity index (χ1v) is 6.85. The summed E-state index contributed by atoms with van der Waals surface area (Å²) in [6.07, 6.45) is 2.13. The Bertz CT molecular complexity index is 360. The molecule has 2 N–H and O–H groups in total. The third kappa shape index (κ3) is 7.47. The predicted molar refractivity (Wildman–Crippen MR) is 82.7 cm³/mol. The van der Waals surface area contributed by atoms with E-state index in [1.54, 1.807) is 0 Å². The van der Waals surface area contributed by atoms with Crippen molar-refractivity contribution in [1.82, 2.24) is 15.5 Å². The van der Waals surface area contributed by atoms with Gasteiger partial charge in [0.2, 0.25) is 0 Å². The molecule has 1 aromatic rings. The van der Waals surface area contributed by atoms with Gasteiger partial charge < -0.3 is 15.5 Å². The fourth-order valence-corrected chi connectivity index (χ4v) is 1.79. The van der Waals surface area contributed by atoms with Gasteiger partial charge in [0.05, 0.1) is 0 Å². The third-order valence-electron chi connectivity index (χ3n) is 2.85. The van der Waals surface area contributed by atoms with Crippen LogP contribution in [0.3, 0.4) is 0 Å². The molecule has 0 saturated heterocycles. The summed E-state index contributed by atoms with van der Waals surface area (Å²) in [6, 6.07) is 10.5. The fraction of sp³-hybridized carbons (Fsp3) is 0.533. The van der Waals surface area contributed by atoms with E-state index in [2.05, 4.69) is 58.9 Å². The number of guanidine groups is 1. The monoisotopic (exact) mass is 262 g/mol. The second-order valence-electron chi connectivity index (χ2n) is 4.82. The average molecular weight is 262 g/mol. The van der Waals surface area contributed by atoms with Crippen LogP contribution >= 0.6 is 0 Å². The van der Waals surface area contributed by atoms with Crippen molar-refractivity contribution < 1.29 is 0 Å². The molecule has 106 valence electrons. The molecule has 0 bridgehead atoms. The number of rotatable bonds is 7. The zero-order chi connectivity index (χ0) is 13.9. The van der Waals surface area contributed by atoms with Crippen LogP contribution in [0.15, 0.2) is 35.3 Å². The summed E-state index contributed by atoms with van der Waals surface area (Å²) in [4.78, 5) is 6.40. The normalized spacial score (nSPS) is 11.7. The molecule has 0 unspecified atom stereocenters. The van der Waals surface area contributed by atoms with Gasteiger partial charge in [0.15, 0.2) is 5.96 Å². The van der Waals surface area contributed by atoms with Gasteiger partial charge in [-0.25, -0.2) is 0 Å². The molecule has 0 aliphatic rings. The SMILES string of the molecule is CN=C(NCCCN(C)C)NCCc1ccccc1. The highest BCUT2D eigenvalue weighted by molar-refractivity contribution is 5.79. The zero-order valence-corrected chi connectivity index (χ0v) is 12.3. The summed E-state index contributed by atoms with van der Waals surface area (Å²) in [5.41, 5.74) is 1.35. The van der Waals surface area contributed by atoms with E-state index in [-0.39, 0.29) is 0 Å². The van der Waals surface area contributed by atoms with E-state index in [0.717, 1.165) is 38.4 Å². The molecule has 0 aliphatic heterocycles. The molecule has 0 atom stereocenters. The van der Waals surface area contributed by atoms with Gasteiger partial charge in [-0.1, -0.05) is 30.3 Å². The molecule has 0 radical (unpaired) electrons. The van der Waals surface area contributed by atoms with Crippen LogP contribution in [0.4, 0.5) is 0 Å². The molecular formula is C15H26N4. The van der Waals surface area contributed by atoms with Crippen LogP contribution in [0, 0.1) is 0 Å². The Hall–Kier alpha value is -1.55. The Morgan fingerprint density at radius 3 is 2.42 bits per heavy atom. The summed E-state index contributed by atoms with van der Waals surface area (Å²) in [7, 11) is 5.99. The maximum Gasteiger partial charge on any atom is 0.190 e. The van der Waals surface area contributed by atoms with E-state index < -0.39 is 0 Å². The van der Waals surface area contributed by atoms with E-state index >= 15 is 0 Å². The molecular weight excluding hydrogens is 236 g/mol. The highest BCUT2D eigenvalue weighted by atomic mass is 15.2. The summed E-state index contributed by atoms with van der Waals surface area (Å²) in [5, 5.41) is 6.65. The third-order valence-corrected chi connectivity index (χ3v) is 2.85. The van der Waals surface area contributed by atoms with Gasteiger partial charge in [0.1, 0.15) is 0 Å². The maximum atomic E-state index is 4.22. The lowest BCUT2D eigenvalue weighted by Gasteiger charge is -2.13. The molecule has 0 fully saturated rings. The first-order valence-electron chi connectivity index (χ1n) is 6.85. The molecule has 4 nitrogen and oxygen atoms in total. The fourth-order valence-electron chi connectivity index (χ4n) is 1.79. The minimum atomic E-state index is 0.884. The molecule has 0 aromatic heterocycles. The van der Waals surface area contributed by atoms with Crippen molar-refractivity contribution >= 4 is 5.96 Å². The number of hydrogen-bond donors (Lipinski definition) is 2. The van der Waals surface area contributed by atoms with E-state index in [4.69, 9.17) is 0 Å². The molecule has 0 amide bonds. The second-order valence-corrected chi connectivity index (χ2v) is 4.82. The first kappa shape index (κ1) is 15.5. The molecule has 0 saturated carbocycles. The van der Waals surface area contributed by atoms with Crippen molar-refractivity contribution in [3.63, 3.8) is 0 Å².